The van der Waals surface area contributed by atoms with Gasteiger partial charge in [-0.1, -0.05) is 48.5 Å². The fourth-order valence-electron chi connectivity index (χ4n) is 6.74. The summed E-state index contributed by atoms with van der Waals surface area (Å²) in [5, 5.41) is 2.10. The van der Waals surface area contributed by atoms with Crippen molar-refractivity contribution in [1.29, 1.82) is 0 Å². The smallest absolute Gasteiger partial charge is 0.377 e. The zero-order valence-corrected chi connectivity index (χ0v) is 42.3. The van der Waals surface area contributed by atoms with Crippen LogP contribution in [-0.4, -0.2) is 70.2 Å². The summed E-state index contributed by atoms with van der Waals surface area (Å²) < 4.78 is 36.8. The van der Waals surface area contributed by atoms with Crippen molar-refractivity contribution in [3.05, 3.63) is 95.1 Å². The molecule has 6 aromatic rings. The van der Waals surface area contributed by atoms with Gasteiger partial charge in [0.2, 0.25) is 0 Å². The van der Waals surface area contributed by atoms with Crippen LogP contribution in [0, 0.1) is 13.8 Å². The third kappa shape index (κ3) is 11.1. The van der Waals surface area contributed by atoms with Crippen LogP contribution in [0.3, 0.4) is 0 Å². The van der Waals surface area contributed by atoms with E-state index in [1.54, 1.807) is 105 Å². The molecule has 0 unspecified atom stereocenters. The molecule has 8 nitrogen and oxygen atoms in total. The molecule has 310 valence electrons. The Labute approximate surface area is 375 Å². The summed E-state index contributed by atoms with van der Waals surface area (Å²) in [6.07, 6.45) is 3.53. The summed E-state index contributed by atoms with van der Waals surface area (Å²) in [6.45, 7) is 4.38. The Kier molecular flexibility index (Phi) is 17.9. The highest BCUT2D eigenvalue weighted by atomic mass is 33.9. The first-order chi connectivity index (χ1) is 28.2. The van der Waals surface area contributed by atoms with E-state index in [4.69, 9.17) is 36.5 Å². The van der Waals surface area contributed by atoms with Crippen molar-refractivity contribution in [3.8, 4) is 21.1 Å². The zero-order chi connectivity index (χ0) is 41.1. The molecule has 18 heteroatoms. The van der Waals surface area contributed by atoms with Crippen LogP contribution in [0.2, 0.25) is 12.1 Å². The number of fused-ring (bicyclic) bond motifs is 2. The number of benzene rings is 4. The van der Waals surface area contributed by atoms with Crippen molar-refractivity contribution in [2.24, 2.45) is 0 Å². The van der Waals surface area contributed by atoms with Crippen LogP contribution in [0.15, 0.2) is 82.6 Å². The summed E-state index contributed by atoms with van der Waals surface area (Å²) in [4.78, 5) is 12.7. The third-order valence-corrected chi connectivity index (χ3v) is 28.4. The van der Waals surface area contributed by atoms with Crippen molar-refractivity contribution in [2.75, 3.05) is 42.7 Å². The Bertz CT molecular complexity index is 2030. The van der Waals surface area contributed by atoms with Gasteiger partial charge in [0.1, 0.15) is 10.0 Å². The van der Waals surface area contributed by atoms with E-state index in [0.29, 0.717) is 0 Å². The predicted molar refractivity (Wildman–Crippen MR) is 261 cm³/mol. The molecule has 2 heterocycles. The van der Waals surface area contributed by atoms with Gasteiger partial charge in [-0.15, -0.1) is 22.7 Å². The van der Waals surface area contributed by atoms with E-state index in [1.165, 1.54) is 52.6 Å². The minimum atomic E-state index is -2.69. The molecule has 0 atom stereocenters. The molecule has 0 bridgehead atoms. The van der Waals surface area contributed by atoms with Gasteiger partial charge in [-0.25, -0.2) is 9.97 Å². The normalized spacial score (nSPS) is 12.3. The molecule has 0 spiro atoms. The summed E-state index contributed by atoms with van der Waals surface area (Å²) in [6, 6.07) is 27.3. The number of hydrogen-bond acceptors (Lipinski definition) is 16. The number of hydrogen-bond donors (Lipinski definition) is 0. The van der Waals surface area contributed by atoms with Crippen molar-refractivity contribution in [3.63, 3.8) is 0 Å². The molecule has 4 aromatic carbocycles. The molecule has 0 saturated carbocycles. The van der Waals surface area contributed by atoms with Gasteiger partial charge in [-0.05, 0) is 147 Å². The maximum absolute atomic E-state index is 5.74. The van der Waals surface area contributed by atoms with Crippen LogP contribution in [-0.2, 0) is 39.4 Å². The van der Waals surface area contributed by atoms with Crippen LogP contribution in [0.5, 0.6) is 0 Å². The van der Waals surface area contributed by atoms with E-state index in [0.717, 1.165) is 58.8 Å². The highest BCUT2D eigenvalue weighted by Gasteiger charge is 2.38. The molecule has 6 rings (SSSR count). The van der Waals surface area contributed by atoms with Gasteiger partial charge in [-0.2, -0.15) is 0 Å². The third-order valence-electron chi connectivity index (χ3n) is 9.95. The zero-order valence-electron chi connectivity index (χ0n) is 33.8. The van der Waals surface area contributed by atoms with E-state index in [9.17, 15) is 0 Å². The lowest BCUT2D eigenvalue weighted by molar-refractivity contribution is 0.122. The highest BCUT2D eigenvalue weighted by molar-refractivity contribution is 9.41. The standard InChI is InChI=1S/C40H48N2O6S8Si2/c1-27-21-23-29(15-13-25-57(43-3,44-4)45-5)37(35(27)39-41-31-17-9-11-19-33(31)49-39)51-53-55-56-54-52-38-30(16-14-26-58(46-6,47-7)48-8)24-22-28(2)36(38)40-42-32-18-10-12-20-34(32)50-40/h9-12,17-24H,13-16,25-26H2,1-8H3. The van der Waals surface area contributed by atoms with Crippen molar-refractivity contribution in [1.82, 2.24) is 9.97 Å². The van der Waals surface area contributed by atoms with Gasteiger partial charge in [0.15, 0.2) is 0 Å². The van der Waals surface area contributed by atoms with E-state index < -0.39 is 17.6 Å². The molecular formula is C40H48N2O6S8Si2. The average Bonchev–Trinajstić information content (AvgIpc) is 3.88. The minimum absolute atomic E-state index is 0.741. The second kappa shape index (κ2) is 22.3. The molecule has 0 aliphatic rings. The Balaban J connectivity index is 1.20. The first-order valence-corrected chi connectivity index (χ1v) is 31.5. The first kappa shape index (κ1) is 46.5. The minimum Gasteiger partial charge on any atom is -0.377 e. The lowest BCUT2D eigenvalue weighted by Crippen LogP contribution is -2.42. The summed E-state index contributed by atoms with van der Waals surface area (Å²) >= 11 is 3.51. The molecule has 58 heavy (non-hydrogen) atoms. The number of aryl methyl sites for hydroxylation is 4. The van der Waals surface area contributed by atoms with E-state index >= 15 is 0 Å². The number of thiazole rings is 2. The van der Waals surface area contributed by atoms with Gasteiger partial charge < -0.3 is 26.6 Å². The van der Waals surface area contributed by atoms with Crippen LogP contribution < -0.4 is 0 Å². The molecule has 2 aromatic heterocycles. The quantitative estimate of drug-likeness (QED) is 0.0347. The molecule has 0 aliphatic carbocycles. The van der Waals surface area contributed by atoms with Gasteiger partial charge in [0.05, 0.1) is 20.4 Å². The number of rotatable bonds is 23. The monoisotopic (exact) mass is 964 g/mol. The van der Waals surface area contributed by atoms with Crippen LogP contribution >= 0.6 is 83.6 Å². The number of para-hydroxylation sites is 2. The molecule has 0 fully saturated rings. The summed E-state index contributed by atoms with van der Waals surface area (Å²) in [7, 11) is 15.5. The molecule has 0 radical (unpaired) electrons. The summed E-state index contributed by atoms with van der Waals surface area (Å²) in [5.41, 5.74) is 9.52. The van der Waals surface area contributed by atoms with E-state index in [2.05, 4.69) is 86.6 Å². The Morgan fingerprint density at radius 1 is 0.500 bits per heavy atom. The molecular weight excluding hydrogens is 917 g/mol. The van der Waals surface area contributed by atoms with Crippen molar-refractivity contribution in [2.45, 2.75) is 61.4 Å². The van der Waals surface area contributed by atoms with Crippen molar-refractivity contribution >= 4 is 122 Å². The maximum atomic E-state index is 5.74. The molecule has 0 saturated heterocycles. The number of aromatic nitrogens is 2. The second-order valence-electron chi connectivity index (χ2n) is 13.2. The Morgan fingerprint density at radius 3 is 1.24 bits per heavy atom. The maximum Gasteiger partial charge on any atom is 0.500 e. The highest BCUT2D eigenvalue weighted by Crippen LogP contribution is 2.58. The lowest BCUT2D eigenvalue weighted by atomic mass is 10.0. The Morgan fingerprint density at radius 2 is 0.879 bits per heavy atom. The molecule has 0 aliphatic heterocycles. The second-order valence-corrected chi connectivity index (χ2v) is 30.7. The summed E-state index contributed by atoms with van der Waals surface area (Å²) in [5.74, 6) is 0. The largest absolute Gasteiger partial charge is 0.500 e. The topological polar surface area (TPSA) is 81.2 Å². The van der Waals surface area contributed by atoms with Crippen LogP contribution in [0.25, 0.3) is 41.6 Å². The van der Waals surface area contributed by atoms with Gasteiger partial charge in [-0.3, -0.25) is 0 Å². The van der Waals surface area contributed by atoms with Crippen LogP contribution in [0.4, 0.5) is 0 Å². The average molecular weight is 966 g/mol. The molecule has 0 amide bonds. The van der Waals surface area contributed by atoms with Gasteiger partial charge in [0, 0.05) is 75.7 Å². The lowest BCUT2D eigenvalue weighted by Gasteiger charge is -2.24. The predicted octanol–water partition coefficient (Wildman–Crippen LogP) is 13.9. The fraction of sp³-hybridized carbons (Fsp3) is 0.350. The Hall–Kier alpha value is -1.05. The van der Waals surface area contributed by atoms with E-state index in [-0.39, 0.29) is 0 Å². The van der Waals surface area contributed by atoms with Gasteiger partial charge >= 0.3 is 17.6 Å². The SMILES string of the molecule is CO[Si](CCCc1ccc(C)c(-c2nc3ccccc3s2)c1SSSSSSc1c(CCC[Si](OC)(OC)OC)ccc(C)c1-c1nc2ccccc2s1)(OC)OC. The molecule has 0 N–H and O–H groups in total. The first-order valence-electron chi connectivity index (χ1n) is 18.5. The fourth-order valence-corrected chi connectivity index (χ4v) is 24.3. The van der Waals surface area contributed by atoms with Crippen LogP contribution in [0.1, 0.15) is 35.1 Å². The number of nitrogens with zero attached hydrogens (tertiary/aromatic N) is 2. The van der Waals surface area contributed by atoms with Crippen molar-refractivity contribution < 1.29 is 26.6 Å². The van der Waals surface area contributed by atoms with E-state index in [1.807, 2.05) is 21.6 Å². The van der Waals surface area contributed by atoms with Gasteiger partial charge in [0.25, 0.3) is 0 Å².